The quantitative estimate of drug-likeness (QED) is 0.590. The minimum Gasteiger partial charge on any atom is -0.377 e. The van der Waals surface area contributed by atoms with Gasteiger partial charge >= 0.3 is 0 Å². The Morgan fingerprint density at radius 3 is 2.29 bits per heavy atom. The first-order valence-electron chi connectivity index (χ1n) is 4.45. The van der Waals surface area contributed by atoms with Gasteiger partial charge in [-0.1, -0.05) is 29.8 Å². The van der Waals surface area contributed by atoms with Crippen molar-refractivity contribution in [2.45, 2.75) is 13.3 Å². The molecule has 0 aliphatic carbocycles. The lowest BCUT2D eigenvalue weighted by Gasteiger charge is -2.04. The molecule has 0 aliphatic heterocycles. The predicted octanol–water partition coefficient (Wildman–Crippen LogP) is 2.21. The van der Waals surface area contributed by atoms with Gasteiger partial charge in [0.05, 0.1) is 0 Å². The number of likely N-dealkylation sites (N-methyl/N-ethyl adjacent to an activating group) is 1. The number of hydrogen-bond donors (Lipinski definition) is 1. The maximum Gasteiger partial charge on any atom is 0.100 e. The van der Waals surface area contributed by atoms with Gasteiger partial charge in [-0.05, 0) is 12.5 Å². The average molecular weight is 213 g/mol. The zero-order chi connectivity index (χ0) is 9.68. The number of aryl methyl sites for hydroxylation is 1. The Labute approximate surface area is 91.9 Å². The third-order valence-corrected chi connectivity index (χ3v) is 2.05. The number of halogens is 1. The fraction of sp³-hybridized carbons (Fsp3) is 0.364. The molecule has 0 amide bonds. The predicted molar refractivity (Wildman–Crippen MR) is 64.5 cm³/mol. The van der Waals surface area contributed by atoms with Gasteiger partial charge in [0, 0.05) is 20.5 Å². The Bertz CT molecular complexity index is 291. The molecule has 1 aromatic carbocycles. The Morgan fingerprint density at radius 2 is 1.86 bits per heavy atom. The van der Waals surface area contributed by atoms with Gasteiger partial charge in [0.15, 0.2) is 0 Å². The van der Waals surface area contributed by atoms with Crippen LogP contribution in [0.25, 0.3) is 0 Å². The third kappa shape index (κ3) is 3.79. The van der Waals surface area contributed by atoms with E-state index in [4.69, 9.17) is 0 Å². The monoisotopic (exact) mass is 212 g/mol. The molecular formula is C11H17ClN2. The molecule has 2 nitrogen and oxygen atoms in total. The van der Waals surface area contributed by atoms with Crippen molar-refractivity contribution >= 4 is 18.2 Å². The maximum absolute atomic E-state index is 4.13. The van der Waals surface area contributed by atoms with Gasteiger partial charge in [0.25, 0.3) is 0 Å². The Balaban J connectivity index is 0.00000169. The SMILES string of the molecule is CN=C(Cc1ccc(C)cc1)NC.Cl. The Morgan fingerprint density at radius 1 is 1.29 bits per heavy atom. The van der Waals surface area contributed by atoms with Gasteiger partial charge in [0.2, 0.25) is 0 Å². The van der Waals surface area contributed by atoms with Crippen LogP contribution in [0.1, 0.15) is 11.1 Å². The van der Waals surface area contributed by atoms with Crippen LogP contribution in [-0.4, -0.2) is 19.9 Å². The number of benzene rings is 1. The van der Waals surface area contributed by atoms with E-state index in [1.54, 1.807) is 7.05 Å². The summed E-state index contributed by atoms with van der Waals surface area (Å²) in [5, 5.41) is 3.06. The van der Waals surface area contributed by atoms with E-state index in [-0.39, 0.29) is 12.4 Å². The zero-order valence-electron chi connectivity index (χ0n) is 8.87. The van der Waals surface area contributed by atoms with E-state index < -0.39 is 0 Å². The highest BCUT2D eigenvalue weighted by Gasteiger charge is 1.96. The highest BCUT2D eigenvalue weighted by molar-refractivity contribution is 5.85. The van der Waals surface area contributed by atoms with Gasteiger partial charge in [-0.15, -0.1) is 12.4 Å². The summed E-state index contributed by atoms with van der Waals surface area (Å²) in [6, 6.07) is 8.52. The van der Waals surface area contributed by atoms with Crippen LogP contribution in [0.3, 0.4) is 0 Å². The van der Waals surface area contributed by atoms with Crippen molar-refractivity contribution < 1.29 is 0 Å². The number of nitrogens with zero attached hydrogens (tertiary/aromatic N) is 1. The van der Waals surface area contributed by atoms with Crippen LogP contribution in [0.4, 0.5) is 0 Å². The molecule has 0 fully saturated rings. The fourth-order valence-corrected chi connectivity index (χ4v) is 1.18. The van der Waals surface area contributed by atoms with Crippen molar-refractivity contribution in [1.29, 1.82) is 0 Å². The molecule has 0 unspecified atom stereocenters. The van der Waals surface area contributed by atoms with Gasteiger partial charge < -0.3 is 5.32 Å². The second-order valence-corrected chi connectivity index (χ2v) is 3.08. The van der Waals surface area contributed by atoms with Gasteiger partial charge in [0.1, 0.15) is 5.84 Å². The van der Waals surface area contributed by atoms with E-state index in [0.717, 1.165) is 12.3 Å². The molecule has 1 rings (SSSR count). The van der Waals surface area contributed by atoms with Gasteiger partial charge in [-0.25, -0.2) is 0 Å². The second kappa shape index (κ2) is 6.44. The summed E-state index contributed by atoms with van der Waals surface area (Å²) in [6.07, 6.45) is 0.882. The molecule has 0 spiro atoms. The van der Waals surface area contributed by atoms with Crippen LogP contribution in [0, 0.1) is 6.92 Å². The van der Waals surface area contributed by atoms with E-state index in [0.29, 0.717) is 0 Å². The third-order valence-electron chi connectivity index (χ3n) is 2.05. The van der Waals surface area contributed by atoms with Crippen molar-refractivity contribution in [3.8, 4) is 0 Å². The van der Waals surface area contributed by atoms with Crippen molar-refractivity contribution in [3.63, 3.8) is 0 Å². The van der Waals surface area contributed by atoms with Crippen molar-refractivity contribution in [2.75, 3.05) is 14.1 Å². The molecule has 0 atom stereocenters. The molecule has 14 heavy (non-hydrogen) atoms. The lowest BCUT2D eigenvalue weighted by Crippen LogP contribution is -2.20. The van der Waals surface area contributed by atoms with Crippen LogP contribution >= 0.6 is 12.4 Å². The highest BCUT2D eigenvalue weighted by atomic mass is 35.5. The van der Waals surface area contributed by atoms with E-state index in [1.807, 2.05) is 7.05 Å². The van der Waals surface area contributed by atoms with Crippen LogP contribution in [0.5, 0.6) is 0 Å². The summed E-state index contributed by atoms with van der Waals surface area (Å²) < 4.78 is 0. The number of amidine groups is 1. The van der Waals surface area contributed by atoms with E-state index in [2.05, 4.69) is 41.5 Å². The molecule has 3 heteroatoms. The van der Waals surface area contributed by atoms with Crippen LogP contribution < -0.4 is 5.32 Å². The zero-order valence-corrected chi connectivity index (χ0v) is 9.69. The number of hydrogen-bond acceptors (Lipinski definition) is 1. The number of aliphatic imine (C=N–C) groups is 1. The molecular weight excluding hydrogens is 196 g/mol. The first kappa shape index (κ1) is 13.0. The van der Waals surface area contributed by atoms with Gasteiger partial charge in [-0.2, -0.15) is 0 Å². The normalized spacial score (nSPS) is 10.6. The van der Waals surface area contributed by atoms with E-state index >= 15 is 0 Å². The molecule has 0 radical (unpaired) electrons. The van der Waals surface area contributed by atoms with Crippen LogP contribution in [0.15, 0.2) is 29.3 Å². The maximum atomic E-state index is 4.13. The van der Waals surface area contributed by atoms with Crippen LogP contribution in [-0.2, 0) is 6.42 Å². The van der Waals surface area contributed by atoms with Crippen molar-refractivity contribution in [3.05, 3.63) is 35.4 Å². The summed E-state index contributed by atoms with van der Waals surface area (Å²) in [4.78, 5) is 4.13. The summed E-state index contributed by atoms with van der Waals surface area (Å²) >= 11 is 0. The minimum absolute atomic E-state index is 0. The molecule has 0 heterocycles. The fourth-order valence-electron chi connectivity index (χ4n) is 1.18. The molecule has 0 aromatic heterocycles. The lowest BCUT2D eigenvalue weighted by atomic mass is 10.1. The molecule has 0 saturated heterocycles. The lowest BCUT2D eigenvalue weighted by molar-refractivity contribution is 1.08. The molecule has 1 aromatic rings. The molecule has 0 saturated carbocycles. The summed E-state index contributed by atoms with van der Waals surface area (Å²) in [5.41, 5.74) is 2.59. The first-order valence-corrected chi connectivity index (χ1v) is 4.45. The van der Waals surface area contributed by atoms with Crippen molar-refractivity contribution in [2.24, 2.45) is 4.99 Å². The number of nitrogens with one attached hydrogen (secondary N) is 1. The molecule has 0 bridgehead atoms. The highest BCUT2D eigenvalue weighted by Crippen LogP contribution is 2.03. The largest absolute Gasteiger partial charge is 0.377 e. The van der Waals surface area contributed by atoms with E-state index in [1.165, 1.54) is 11.1 Å². The Kier molecular flexibility index (Phi) is 5.97. The van der Waals surface area contributed by atoms with E-state index in [9.17, 15) is 0 Å². The first-order chi connectivity index (χ1) is 6.26. The summed E-state index contributed by atoms with van der Waals surface area (Å²) in [6.45, 7) is 2.09. The Hall–Kier alpha value is -1.02. The smallest absolute Gasteiger partial charge is 0.100 e. The minimum atomic E-state index is 0. The molecule has 0 aliphatic rings. The second-order valence-electron chi connectivity index (χ2n) is 3.08. The molecule has 78 valence electrons. The number of rotatable bonds is 2. The standard InChI is InChI=1S/C11H16N2.ClH/c1-9-4-6-10(7-5-9)8-11(12-2)13-3;/h4-7H,8H2,1-3H3,(H,12,13);1H. The molecule has 1 N–H and O–H groups in total. The average Bonchev–Trinajstić information content (AvgIpc) is 2.17. The topological polar surface area (TPSA) is 24.4 Å². The van der Waals surface area contributed by atoms with Crippen molar-refractivity contribution in [1.82, 2.24) is 5.32 Å². The van der Waals surface area contributed by atoms with Crippen LogP contribution in [0.2, 0.25) is 0 Å². The van der Waals surface area contributed by atoms with Gasteiger partial charge in [-0.3, -0.25) is 4.99 Å². The summed E-state index contributed by atoms with van der Waals surface area (Å²) in [5.74, 6) is 1.02. The summed E-state index contributed by atoms with van der Waals surface area (Å²) in [7, 11) is 3.70.